The van der Waals surface area contributed by atoms with E-state index < -0.39 is 0 Å². The summed E-state index contributed by atoms with van der Waals surface area (Å²) in [4.78, 5) is 39.3. The van der Waals surface area contributed by atoms with E-state index in [9.17, 15) is 9.59 Å². The van der Waals surface area contributed by atoms with Gasteiger partial charge in [0.2, 0.25) is 11.8 Å². The van der Waals surface area contributed by atoms with Gasteiger partial charge in [-0.15, -0.1) is 0 Å². The molecular formula is C21H28N6O2S. The number of hydrogen-bond donors (Lipinski definition) is 2. The fourth-order valence-corrected chi connectivity index (χ4v) is 4.14. The summed E-state index contributed by atoms with van der Waals surface area (Å²) < 4.78 is 0. The van der Waals surface area contributed by atoms with Crippen LogP contribution >= 0.6 is 11.8 Å². The Morgan fingerprint density at radius 2 is 2.00 bits per heavy atom. The minimum Gasteiger partial charge on any atom is -0.369 e. The van der Waals surface area contributed by atoms with Crippen molar-refractivity contribution in [3.63, 3.8) is 0 Å². The maximum Gasteiger partial charge on any atom is 0.224 e. The van der Waals surface area contributed by atoms with Crippen LogP contribution in [0.15, 0.2) is 23.5 Å². The summed E-state index contributed by atoms with van der Waals surface area (Å²) >= 11 is 1.51. The van der Waals surface area contributed by atoms with Crippen LogP contribution in [0.25, 0.3) is 0 Å². The van der Waals surface area contributed by atoms with Crippen molar-refractivity contribution >= 4 is 35.1 Å². The number of nitrogens with zero attached hydrogens (tertiary/aromatic N) is 4. The Labute approximate surface area is 181 Å². The molecule has 1 aliphatic rings. The summed E-state index contributed by atoms with van der Waals surface area (Å²) in [5.41, 5.74) is 8.95. The normalized spacial score (nSPS) is 16.4. The van der Waals surface area contributed by atoms with E-state index in [0.717, 1.165) is 47.3 Å². The summed E-state index contributed by atoms with van der Waals surface area (Å²) in [6.07, 6.45) is 6.26. The van der Waals surface area contributed by atoms with Crippen molar-refractivity contribution in [2.75, 3.05) is 29.6 Å². The number of amides is 2. The summed E-state index contributed by atoms with van der Waals surface area (Å²) in [7, 11) is 0. The molecule has 0 aliphatic carbocycles. The maximum absolute atomic E-state index is 12.4. The van der Waals surface area contributed by atoms with Gasteiger partial charge in [0.1, 0.15) is 5.82 Å². The third-order valence-electron chi connectivity index (χ3n) is 5.36. The number of primary amides is 1. The Morgan fingerprint density at radius 1 is 1.27 bits per heavy atom. The minimum atomic E-state index is -0.262. The molecule has 0 spiro atoms. The number of pyridine rings is 1. The van der Waals surface area contributed by atoms with Gasteiger partial charge in [0.05, 0.1) is 17.8 Å². The molecule has 0 saturated carbocycles. The average Bonchev–Trinajstić information content (AvgIpc) is 2.73. The zero-order valence-electron chi connectivity index (χ0n) is 17.6. The van der Waals surface area contributed by atoms with Gasteiger partial charge in [0, 0.05) is 30.9 Å². The van der Waals surface area contributed by atoms with E-state index in [1.807, 2.05) is 32.2 Å². The van der Waals surface area contributed by atoms with E-state index in [-0.39, 0.29) is 17.7 Å². The van der Waals surface area contributed by atoms with Gasteiger partial charge in [-0.05, 0) is 57.1 Å². The number of nitrogens with one attached hydrogen (secondary N) is 1. The van der Waals surface area contributed by atoms with Crippen LogP contribution in [0.2, 0.25) is 0 Å². The molecule has 3 heterocycles. The lowest BCUT2D eigenvalue weighted by atomic mass is 9.97. The highest BCUT2D eigenvalue weighted by Gasteiger charge is 2.24. The molecule has 3 N–H and O–H groups in total. The van der Waals surface area contributed by atoms with Gasteiger partial charge in [-0.2, -0.15) is 0 Å². The highest BCUT2D eigenvalue weighted by Crippen LogP contribution is 2.23. The van der Waals surface area contributed by atoms with Crippen LogP contribution in [0.1, 0.15) is 36.2 Å². The molecule has 160 valence electrons. The molecule has 0 radical (unpaired) electrons. The van der Waals surface area contributed by atoms with E-state index in [4.69, 9.17) is 5.73 Å². The Bertz CT molecular complexity index is 895. The molecule has 9 heteroatoms. The quantitative estimate of drug-likeness (QED) is 0.514. The topological polar surface area (TPSA) is 114 Å². The first-order valence-corrected chi connectivity index (χ1v) is 11.3. The zero-order valence-corrected chi connectivity index (χ0v) is 18.5. The number of aromatic nitrogens is 3. The fourth-order valence-electron chi connectivity index (χ4n) is 3.69. The molecule has 1 atom stereocenters. The summed E-state index contributed by atoms with van der Waals surface area (Å²) in [5.74, 6) is 0.309. The molecule has 3 rings (SSSR count). The van der Waals surface area contributed by atoms with Gasteiger partial charge in [-0.25, -0.2) is 15.0 Å². The first-order valence-electron chi connectivity index (χ1n) is 10.1. The standard InChI is InChI=1S/C21H28N6O2S/c1-13-17(14(2)25-21(24-13)30-3)7-9-19(28)26-16-6-8-18(23-11-16)27-10-4-5-15(12-27)20(22)29/h6,8,11,15H,4-5,7,9-10,12H2,1-3H3,(H2,22,29)(H,26,28). The van der Waals surface area contributed by atoms with Crippen molar-refractivity contribution in [3.05, 3.63) is 35.3 Å². The number of carbonyl (C=O) groups excluding carboxylic acids is 2. The van der Waals surface area contributed by atoms with Crippen molar-refractivity contribution in [1.29, 1.82) is 0 Å². The molecule has 30 heavy (non-hydrogen) atoms. The molecular weight excluding hydrogens is 400 g/mol. The van der Waals surface area contributed by atoms with E-state index >= 15 is 0 Å². The van der Waals surface area contributed by atoms with Gasteiger partial charge in [-0.1, -0.05) is 11.8 Å². The van der Waals surface area contributed by atoms with Crippen LogP contribution in [-0.2, 0) is 16.0 Å². The second-order valence-electron chi connectivity index (χ2n) is 7.50. The van der Waals surface area contributed by atoms with Crippen LogP contribution < -0.4 is 16.0 Å². The van der Waals surface area contributed by atoms with Crippen LogP contribution in [0, 0.1) is 19.8 Å². The Morgan fingerprint density at radius 3 is 2.60 bits per heavy atom. The largest absolute Gasteiger partial charge is 0.369 e. The maximum atomic E-state index is 12.4. The average molecular weight is 429 g/mol. The summed E-state index contributed by atoms with van der Waals surface area (Å²) in [5, 5.41) is 3.64. The first kappa shape index (κ1) is 22.0. The smallest absolute Gasteiger partial charge is 0.224 e. The van der Waals surface area contributed by atoms with Crippen molar-refractivity contribution in [1.82, 2.24) is 15.0 Å². The number of anilines is 2. The minimum absolute atomic E-state index is 0.0796. The molecule has 2 aromatic heterocycles. The Kier molecular flexibility index (Phi) is 7.25. The lowest BCUT2D eigenvalue weighted by Crippen LogP contribution is -2.41. The predicted octanol–water partition coefficient (Wildman–Crippen LogP) is 2.48. The Balaban J connectivity index is 1.55. The molecule has 2 aromatic rings. The van der Waals surface area contributed by atoms with Crippen molar-refractivity contribution in [2.45, 2.75) is 44.7 Å². The van der Waals surface area contributed by atoms with Gasteiger partial charge in [0.25, 0.3) is 0 Å². The van der Waals surface area contributed by atoms with Crippen molar-refractivity contribution < 1.29 is 9.59 Å². The second kappa shape index (κ2) is 9.88. The monoisotopic (exact) mass is 428 g/mol. The van der Waals surface area contributed by atoms with Gasteiger partial charge in [-0.3, -0.25) is 9.59 Å². The molecule has 8 nitrogen and oxygen atoms in total. The van der Waals surface area contributed by atoms with E-state index in [1.54, 1.807) is 6.20 Å². The van der Waals surface area contributed by atoms with Gasteiger partial charge >= 0.3 is 0 Å². The molecule has 1 unspecified atom stereocenters. The number of aryl methyl sites for hydroxylation is 2. The second-order valence-corrected chi connectivity index (χ2v) is 8.27. The molecule has 1 fully saturated rings. The fraction of sp³-hybridized carbons (Fsp3) is 0.476. The lowest BCUT2D eigenvalue weighted by Gasteiger charge is -2.32. The number of thioether (sulfide) groups is 1. The van der Waals surface area contributed by atoms with Gasteiger partial charge in [0.15, 0.2) is 5.16 Å². The first-order chi connectivity index (χ1) is 14.4. The number of nitrogens with two attached hydrogens (primary N) is 1. The number of hydrogen-bond acceptors (Lipinski definition) is 7. The van der Waals surface area contributed by atoms with Crippen LogP contribution in [-0.4, -0.2) is 46.1 Å². The van der Waals surface area contributed by atoms with Crippen LogP contribution in [0.3, 0.4) is 0 Å². The van der Waals surface area contributed by atoms with Crippen molar-refractivity contribution in [3.8, 4) is 0 Å². The predicted molar refractivity (Wildman–Crippen MR) is 119 cm³/mol. The van der Waals surface area contributed by atoms with Gasteiger partial charge < -0.3 is 16.0 Å². The summed E-state index contributed by atoms with van der Waals surface area (Å²) in [6.45, 7) is 5.34. The SMILES string of the molecule is CSc1nc(C)c(CCC(=O)Nc2ccc(N3CCCC(C(N)=O)C3)nc2)c(C)n1. The zero-order chi connectivity index (χ0) is 21.7. The molecule has 0 aromatic carbocycles. The molecule has 0 bridgehead atoms. The number of piperidine rings is 1. The van der Waals surface area contributed by atoms with Crippen LogP contribution in [0.5, 0.6) is 0 Å². The Hall–Kier alpha value is -2.68. The lowest BCUT2D eigenvalue weighted by molar-refractivity contribution is -0.122. The summed E-state index contributed by atoms with van der Waals surface area (Å²) in [6, 6.07) is 3.70. The highest BCUT2D eigenvalue weighted by atomic mass is 32.2. The third kappa shape index (κ3) is 5.47. The highest BCUT2D eigenvalue weighted by molar-refractivity contribution is 7.98. The van der Waals surface area contributed by atoms with Crippen molar-refractivity contribution in [2.24, 2.45) is 11.7 Å². The molecule has 2 amide bonds. The third-order valence-corrected chi connectivity index (χ3v) is 5.91. The van der Waals surface area contributed by atoms with E-state index in [1.165, 1.54) is 11.8 Å². The number of carbonyl (C=O) groups is 2. The van der Waals surface area contributed by atoms with E-state index in [0.29, 0.717) is 25.1 Å². The molecule has 1 saturated heterocycles. The van der Waals surface area contributed by atoms with Crippen LogP contribution in [0.4, 0.5) is 11.5 Å². The molecule has 1 aliphatic heterocycles. The number of rotatable bonds is 7. The van der Waals surface area contributed by atoms with E-state index in [2.05, 4.69) is 25.2 Å².